The molecule has 1 fully saturated rings. The Kier molecular flexibility index (Phi) is 4.75. The van der Waals surface area contributed by atoms with E-state index in [0.29, 0.717) is 18.1 Å². The van der Waals surface area contributed by atoms with Gasteiger partial charge in [0.15, 0.2) is 0 Å². The van der Waals surface area contributed by atoms with Crippen molar-refractivity contribution in [2.24, 2.45) is 11.8 Å². The highest BCUT2D eigenvalue weighted by Gasteiger charge is 2.31. The average Bonchev–Trinajstić information content (AvgIpc) is 2.83. The lowest BCUT2D eigenvalue weighted by Crippen LogP contribution is -2.44. The number of hydrazine groups is 1. The average molecular weight is 248 g/mol. The smallest absolute Gasteiger partial charge is 0.0591 e. The number of hydrogen-bond donors (Lipinski definition) is 2. The van der Waals surface area contributed by atoms with Crippen molar-refractivity contribution in [3.8, 4) is 0 Å². The number of rotatable bonds is 5. The van der Waals surface area contributed by atoms with E-state index in [0.717, 1.165) is 25.9 Å². The second kappa shape index (κ2) is 6.32. The molecule has 0 amide bonds. The third kappa shape index (κ3) is 3.10. The first-order valence-electron chi connectivity index (χ1n) is 6.90. The van der Waals surface area contributed by atoms with Gasteiger partial charge in [-0.1, -0.05) is 31.2 Å². The van der Waals surface area contributed by atoms with E-state index >= 15 is 0 Å². The van der Waals surface area contributed by atoms with Crippen LogP contribution in [0.5, 0.6) is 0 Å². The molecule has 18 heavy (non-hydrogen) atoms. The Morgan fingerprint density at radius 2 is 2.00 bits per heavy atom. The van der Waals surface area contributed by atoms with Crippen molar-refractivity contribution < 1.29 is 4.74 Å². The zero-order valence-corrected chi connectivity index (χ0v) is 11.4. The molecule has 1 aromatic rings. The predicted molar refractivity (Wildman–Crippen MR) is 74.2 cm³/mol. The lowest BCUT2D eigenvalue weighted by Gasteiger charge is -2.25. The number of nitrogens with two attached hydrogens (primary N) is 1. The molecule has 100 valence electrons. The van der Waals surface area contributed by atoms with E-state index in [1.54, 1.807) is 0 Å². The summed E-state index contributed by atoms with van der Waals surface area (Å²) in [6.45, 7) is 5.18. The summed E-state index contributed by atoms with van der Waals surface area (Å²) in [6, 6.07) is 9.14. The molecule has 3 N–H and O–H groups in total. The van der Waals surface area contributed by atoms with Gasteiger partial charge in [0.05, 0.1) is 6.10 Å². The van der Waals surface area contributed by atoms with Crippen LogP contribution in [0.4, 0.5) is 0 Å². The Hall–Kier alpha value is -0.900. The molecule has 3 heteroatoms. The fourth-order valence-corrected chi connectivity index (χ4v) is 2.78. The topological polar surface area (TPSA) is 47.3 Å². The molecular weight excluding hydrogens is 224 g/mol. The summed E-state index contributed by atoms with van der Waals surface area (Å²) in [5.74, 6) is 6.23. The summed E-state index contributed by atoms with van der Waals surface area (Å²) < 4.78 is 5.63. The van der Waals surface area contributed by atoms with Gasteiger partial charge in [-0.25, -0.2) is 0 Å². The van der Waals surface area contributed by atoms with E-state index in [4.69, 9.17) is 10.6 Å². The van der Waals surface area contributed by atoms with Crippen molar-refractivity contribution in [1.82, 2.24) is 5.43 Å². The highest BCUT2D eigenvalue weighted by molar-refractivity contribution is 5.23. The fraction of sp³-hybridized carbons (Fsp3) is 0.600. The molecule has 1 aliphatic heterocycles. The van der Waals surface area contributed by atoms with Crippen molar-refractivity contribution in [1.29, 1.82) is 0 Å². The third-order valence-corrected chi connectivity index (χ3v) is 4.05. The summed E-state index contributed by atoms with van der Waals surface area (Å²) in [4.78, 5) is 0. The minimum Gasteiger partial charge on any atom is -0.378 e. The highest BCUT2D eigenvalue weighted by Crippen LogP contribution is 2.25. The van der Waals surface area contributed by atoms with E-state index in [9.17, 15) is 0 Å². The molecule has 2 rings (SSSR count). The van der Waals surface area contributed by atoms with Gasteiger partial charge < -0.3 is 4.74 Å². The SMILES string of the molecule is CCc1ccc(CC(NN)C2CCOC2C)cc1. The number of nitrogens with one attached hydrogen (secondary N) is 1. The Labute approximate surface area is 110 Å². The van der Waals surface area contributed by atoms with E-state index in [1.165, 1.54) is 11.1 Å². The molecule has 3 nitrogen and oxygen atoms in total. The fourth-order valence-electron chi connectivity index (χ4n) is 2.78. The minimum atomic E-state index is 0.301. The van der Waals surface area contributed by atoms with E-state index in [1.807, 2.05) is 0 Å². The van der Waals surface area contributed by atoms with Crippen LogP contribution in [-0.2, 0) is 17.6 Å². The van der Waals surface area contributed by atoms with Gasteiger partial charge in [0, 0.05) is 18.6 Å². The van der Waals surface area contributed by atoms with Crippen molar-refractivity contribution in [3.05, 3.63) is 35.4 Å². The zero-order valence-electron chi connectivity index (χ0n) is 11.4. The Morgan fingerprint density at radius 3 is 2.50 bits per heavy atom. The molecular formula is C15H24N2O. The van der Waals surface area contributed by atoms with Crippen molar-refractivity contribution in [2.45, 2.75) is 45.3 Å². The molecule has 3 unspecified atom stereocenters. The van der Waals surface area contributed by atoms with Gasteiger partial charge in [0.2, 0.25) is 0 Å². The molecule has 0 aromatic heterocycles. The van der Waals surface area contributed by atoms with Crippen LogP contribution in [0, 0.1) is 5.92 Å². The van der Waals surface area contributed by atoms with Crippen LogP contribution in [0.2, 0.25) is 0 Å². The maximum Gasteiger partial charge on any atom is 0.0591 e. The van der Waals surface area contributed by atoms with Crippen molar-refractivity contribution in [3.63, 3.8) is 0 Å². The van der Waals surface area contributed by atoms with Crippen molar-refractivity contribution >= 4 is 0 Å². The van der Waals surface area contributed by atoms with Gasteiger partial charge in [-0.15, -0.1) is 0 Å². The molecule has 1 aromatic carbocycles. The summed E-state index contributed by atoms with van der Waals surface area (Å²) in [5, 5.41) is 0. The van der Waals surface area contributed by atoms with Crippen LogP contribution in [0.15, 0.2) is 24.3 Å². The maximum atomic E-state index is 5.71. The van der Waals surface area contributed by atoms with Crippen LogP contribution < -0.4 is 11.3 Å². The van der Waals surface area contributed by atoms with Crippen LogP contribution in [0.3, 0.4) is 0 Å². The zero-order chi connectivity index (χ0) is 13.0. The Morgan fingerprint density at radius 1 is 1.33 bits per heavy atom. The summed E-state index contributed by atoms with van der Waals surface area (Å²) in [7, 11) is 0. The lowest BCUT2D eigenvalue weighted by molar-refractivity contribution is 0.0954. The number of hydrogen-bond acceptors (Lipinski definition) is 3. The van der Waals surface area contributed by atoms with Gasteiger partial charge >= 0.3 is 0 Å². The molecule has 0 spiro atoms. The maximum absolute atomic E-state index is 5.71. The second-order valence-corrected chi connectivity index (χ2v) is 5.18. The molecule has 0 radical (unpaired) electrons. The number of benzene rings is 1. The predicted octanol–water partition coefficient (Wildman–Crippen LogP) is 2.05. The summed E-state index contributed by atoms with van der Waals surface area (Å²) in [5.41, 5.74) is 5.70. The molecule has 0 aliphatic carbocycles. The molecule has 0 bridgehead atoms. The van der Waals surface area contributed by atoms with E-state index in [-0.39, 0.29) is 0 Å². The minimum absolute atomic E-state index is 0.301. The summed E-state index contributed by atoms with van der Waals surface area (Å²) in [6.07, 6.45) is 3.47. The first-order valence-corrected chi connectivity index (χ1v) is 6.90. The first kappa shape index (κ1) is 13.5. The molecule has 3 atom stereocenters. The van der Waals surface area contributed by atoms with E-state index in [2.05, 4.69) is 43.5 Å². The standard InChI is InChI=1S/C15H24N2O/c1-3-12-4-6-13(7-5-12)10-15(17-16)14-8-9-18-11(14)2/h4-7,11,14-15,17H,3,8-10,16H2,1-2H3. The van der Waals surface area contributed by atoms with Gasteiger partial charge in [-0.3, -0.25) is 11.3 Å². The van der Waals surface area contributed by atoms with Crippen LogP contribution in [0.1, 0.15) is 31.4 Å². The molecule has 1 aliphatic rings. The van der Waals surface area contributed by atoms with Gasteiger partial charge in [-0.05, 0) is 37.3 Å². The van der Waals surface area contributed by atoms with Crippen LogP contribution >= 0.6 is 0 Å². The highest BCUT2D eigenvalue weighted by atomic mass is 16.5. The quantitative estimate of drug-likeness (QED) is 0.619. The Balaban J connectivity index is 2.00. The monoisotopic (exact) mass is 248 g/mol. The third-order valence-electron chi connectivity index (χ3n) is 4.05. The molecule has 1 saturated heterocycles. The normalized spacial score (nSPS) is 25.3. The van der Waals surface area contributed by atoms with Gasteiger partial charge in [0.25, 0.3) is 0 Å². The first-order chi connectivity index (χ1) is 8.74. The van der Waals surface area contributed by atoms with E-state index < -0.39 is 0 Å². The second-order valence-electron chi connectivity index (χ2n) is 5.18. The van der Waals surface area contributed by atoms with Crippen LogP contribution in [-0.4, -0.2) is 18.8 Å². The largest absolute Gasteiger partial charge is 0.378 e. The van der Waals surface area contributed by atoms with Crippen LogP contribution in [0.25, 0.3) is 0 Å². The van der Waals surface area contributed by atoms with Gasteiger partial charge in [0.1, 0.15) is 0 Å². The van der Waals surface area contributed by atoms with Crippen molar-refractivity contribution in [2.75, 3.05) is 6.61 Å². The molecule has 1 heterocycles. The lowest BCUT2D eigenvalue weighted by atomic mass is 9.89. The molecule has 0 saturated carbocycles. The summed E-state index contributed by atoms with van der Waals surface area (Å²) >= 11 is 0. The number of aryl methyl sites for hydroxylation is 1. The van der Waals surface area contributed by atoms with Gasteiger partial charge in [-0.2, -0.15) is 0 Å². The number of ether oxygens (including phenoxy) is 1. The Bertz CT molecular complexity index is 363.